The molecule has 2 rings (SSSR count). The van der Waals surface area contributed by atoms with Crippen molar-refractivity contribution in [2.24, 2.45) is 4.99 Å². The molecule has 30 heavy (non-hydrogen) atoms. The lowest BCUT2D eigenvalue weighted by atomic mass is 10.1. The van der Waals surface area contributed by atoms with Crippen molar-refractivity contribution < 1.29 is 9.53 Å². The van der Waals surface area contributed by atoms with Crippen molar-refractivity contribution in [3.8, 4) is 5.75 Å². The molecule has 1 aliphatic heterocycles. The second kappa shape index (κ2) is 13.0. The number of hydrogen-bond acceptors (Lipinski definition) is 4. The Morgan fingerprint density at radius 2 is 1.80 bits per heavy atom. The molecule has 8 heteroatoms. The highest BCUT2D eigenvalue weighted by atomic mass is 127. The third-order valence-electron chi connectivity index (χ3n) is 4.68. The highest BCUT2D eigenvalue weighted by Gasteiger charge is 2.18. The summed E-state index contributed by atoms with van der Waals surface area (Å²) in [6, 6.07) is 8.06. The van der Waals surface area contributed by atoms with E-state index in [0.717, 1.165) is 63.1 Å². The van der Waals surface area contributed by atoms with Crippen LogP contribution in [0, 0.1) is 0 Å². The standard InChI is InChI=1S/C22H37N5O2.HI/c1-6-23-21(24-11-12-26-13-15-27(16-14-26)18(2)28)25-17-19-9-7-8-10-20(19)29-22(3,4)5;/h7-10H,6,11-17H2,1-5H3,(H2,23,24,25);1H. The SMILES string of the molecule is CCNC(=NCc1ccccc1OC(C)(C)C)NCCN1CCN(C(C)=O)CC1.I. The number of aliphatic imine (C=N–C) groups is 1. The molecule has 0 saturated carbocycles. The average molecular weight is 531 g/mol. The summed E-state index contributed by atoms with van der Waals surface area (Å²) >= 11 is 0. The Morgan fingerprint density at radius 1 is 1.13 bits per heavy atom. The van der Waals surface area contributed by atoms with Gasteiger partial charge in [0.1, 0.15) is 11.4 Å². The first-order chi connectivity index (χ1) is 13.8. The number of para-hydroxylation sites is 1. The first kappa shape index (κ1) is 26.5. The summed E-state index contributed by atoms with van der Waals surface area (Å²) in [5.41, 5.74) is 0.828. The average Bonchev–Trinajstić information content (AvgIpc) is 2.66. The van der Waals surface area contributed by atoms with E-state index < -0.39 is 0 Å². The van der Waals surface area contributed by atoms with E-state index in [4.69, 9.17) is 9.73 Å². The quantitative estimate of drug-likeness (QED) is 0.322. The minimum atomic E-state index is -0.241. The molecule has 2 N–H and O–H groups in total. The van der Waals surface area contributed by atoms with Gasteiger partial charge in [0, 0.05) is 58.3 Å². The first-order valence-electron chi connectivity index (χ1n) is 10.6. The van der Waals surface area contributed by atoms with Gasteiger partial charge >= 0.3 is 0 Å². The largest absolute Gasteiger partial charge is 0.488 e. The number of ether oxygens (including phenoxy) is 1. The molecule has 0 aromatic heterocycles. The number of carbonyl (C=O) groups is 1. The van der Waals surface area contributed by atoms with Crippen LogP contribution in [0.4, 0.5) is 0 Å². The maximum Gasteiger partial charge on any atom is 0.219 e. The van der Waals surface area contributed by atoms with Crippen LogP contribution < -0.4 is 15.4 Å². The van der Waals surface area contributed by atoms with Crippen molar-refractivity contribution in [3.05, 3.63) is 29.8 Å². The predicted molar refractivity (Wildman–Crippen MR) is 134 cm³/mol. The van der Waals surface area contributed by atoms with E-state index in [0.29, 0.717) is 6.54 Å². The summed E-state index contributed by atoms with van der Waals surface area (Å²) < 4.78 is 6.07. The number of rotatable bonds is 7. The van der Waals surface area contributed by atoms with Gasteiger partial charge in [-0.15, -0.1) is 24.0 Å². The topological polar surface area (TPSA) is 69.2 Å². The number of benzene rings is 1. The van der Waals surface area contributed by atoms with E-state index in [-0.39, 0.29) is 35.5 Å². The minimum absolute atomic E-state index is 0. The number of carbonyl (C=O) groups excluding carboxylic acids is 1. The normalized spacial score (nSPS) is 15.4. The van der Waals surface area contributed by atoms with Gasteiger partial charge in [0.05, 0.1) is 6.54 Å². The van der Waals surface area contributed by atoms with E-state index in [9.17, 15) is 4.79 Å². The fraction of sp³-hybridized carbons (Fsp3) is 0.636. The van der Waals surface area contributed by atoms with Gasteiger partial charge in [0.2, 0.25) is 5.91 Å². The maximum absolute atomic E-state index is 11.4. The van der Waals surface area contributed by atoms with Gasteiger partial charge in [0.15, 0.2) is 5.96 Å². The summed E-state index contributed by atoms with van der Waals surface area (Å²) in [4.78, 5) is 20.5. The lowest BCUT2D eigenvalue weighted by Crippen LogP contribution is -2.50. The van der Waals surface area contributed by atoms with Gasteiger partial charge in [0.25, 0.3) is 0 Å². The fourth-order valence-electron chi connectivity index (χ4n) is 3.19. The van der Waals surface area contributed by atoms with E-state index >= 15 is 0 Å². The highest BCUT2D eigenvalue weighted by molar-refractivity contribution is 14.0. The van der Waals surface area contributed by atoms with Gasteiger partial charge in [-0.3, -0.25) is 9.69 Å². The van der Waals surface area contributed by atoms with E-state index in [1.165, 1.54) is 0 Å². The van der Waals surface area contributed by atoms with Crippen molar-refractivity contribution in [1.82, 2.24) is 20.4 Å². The molecule has 0 atom stereocenters. The molecule has 170 valence electrons. The molecule has 1 saturated heterocycles. The summed E-state index contributed by atoms with van der Waals surface area (Å²) in [7, 11) is 0. The van der Waals surface area contributed by atoms with E-state index in [2.05, 4.69) is 49.3 Å². The molecular formula is C22H38IN5O2. The van der Waals surface area contributed by atoms with Crippen LogP contribution in [0.15, 0.2) is 29.3 Å². The second-order valence-electron chi connectivity index (χ2n) is 8.29. The Kier molecular flexibility index (Phi) is 11.5. The Labute approximate surface area is 198 Å². The van der Waals surface area contributed by atoms with E-state index in [1.807, 2.05) is 23.1 Å². The van der Waals surface area contributed by atoms with Gasteiger partial charge in [-0.05, 0) is 33.8 Å². The molecule has 1 aliphatic rings. The molecule has 0 bridgehead atoms. The van der Waals surface area contributed by atoms with Crippen LogP contribution in [0.5, 0.6) is 5.75 Å². The van der Waals surface area contributed by atoms with Crippen LogP contribution in [-0.4, -0.2) is 73.1 Å². The minimum Gasteiger partial charge on any atom is -0.488 e. The number of nitrogens with zero attached hydrogens (tertiary/aromatic N) is 3. The Hall–Kier alpha value is -1.55. The van der Waals surface area contributed by atoms with Crippen LogP contribution in [0.3, 0.4) is 0 Å². The molecule has 1 amide bonds. The molecule has 0 spiro atoms. The maximum atomic E-state index is 11.4. The third kappa shape index (κ3) is 9.51. The zero-order valence-electron chi connectivity index (χ0n) is 19.0. The van der Waals surface area contributed by atoms with Crippen LogP contribution >= 0.6 is 24.0 Å². The molecule has 1 aromatic rings. The zero-order valence-corrected chi connectivity index (χ0v) is 21.4. The number of halogens is 1. The third-order valence-corrected chi connectivity index (χ3v) is 4.68. The van der Waals surface area contributed by atoms with Gasteiger partial charge in [-0.1, -0.05) is 18.2 Å². The zero-order chi connectivity index (χ0) is 21.3. The molecular weight excluding hydrogens is 493 g/mol. The number of amides is 1. The Morgan fingerprint density at radius 3 is 2.40 bits per heavy atom. The molecule has 7 nitrogen and oxygen atoms in total. The highest BCUT2D eigenvalue weighted by Crippen LogP contribution is 2.23. The summed E-state index contributed by atoms with van der Waals surface area (Å²) in [5, 5.41) is 6.72. The summed E-state index contributed by atoms with van der Waals surface area (Å²) in [5.74, 6) is 1.85. The predicted octanol–water partition coefficient (Wildman–Crippen LogP) is 2.70. The second-order valence-corrected chi connectivity index (χ2v) is 8.29. The molecule has 1 aromatic carbocycles. The number of guanidine groups is 1. The van der Waals surface area contributed by atoms with Crippen molar-refractivity contribution >= 4 is 35.8 Å². The monoisotopic (exact) mass is 531 g/mol. The lowest BCUT2D eigenvalue weighted by Gasteiger charge is -2.34. The molecule has 0 aliphatic carbocycles. The molecule has 1 fully saturated rings. The molecule has 0 radical (unpaired) electrons. The number of nitrogens with one attached hydrogen (secondary N) is 2. The summed E-state index contributed by atoms with van der Waals surface area (Å²) in [6.45, 7) is 16.4. The van der Waals surface area contributed by atoms with Crippen molar-refractivity contribution in [2.75, 3.05) is 45.8 Å². The van der Waals surface area contributed by atoms with Crippen LogP contribution in [0.1, 0.15) is 40.2 Å². The van der Waals surface area contributed by atoms with Gasteiger partial charge in [-0.25, -0.2) is 4.99 Å². The fourth-order valence-corrected chi connectivity index (χ4v) is 3.19. The van der Waals surface area contributed by atoms with E-state index in [1.54, 1.807) is 6.92 Å². The van der Waals surface area contributed by atoms with Crippen molar-refractivity contribution in [3.63, 3.8) is 0 Å². The number of hydrogen-bond donors (Lipinski definition) is 2. The Bertz CT molecular complexity index is 682. The Balaban J connectivity index is 0.00000450. The lowest BCUT2D eigenvalue weighted by molar-refractivity contribution is -0.130. The van der Waals surface area contributed by atoms with Crippen molar-refractivity contribution in [2.45, 2.75) is 46.8 Å². The first-order valence-corrected chi connectivity index (χ1v) is 10.6. The summed E-state index contributed by atoms with van der Waals surface area (Å²) in [6.07, 6.45) is 0. The molecule has 1 heterocycles. The van der Waals surface area contributed by atoms with Crippen molar-refractivity contribution in [1.29, 1.82) is 0 Å². The van der Waals surface area contributed by atoms with Gasteiger partial charge in [-0.2, -0.15) is 0 Å². The van der Waals surface area contributed by atoms with Crippen LogP contribution in [0.25, 0.3) is 0 Å². The smallest absolute Gasteiger partial charge is 0.219 e. The van der Waals surface area contributed by atoms with Gasteiger partial charge < -0.3 is 20.3 Å². The molecule has 0 unspecified atom stereocenters. The van der Waals surface area contributed by atoms with Crippen LogP contribution in [-0.2, 0) is 11.3 Å². The van der Waals surface area contributed by atoms with Crippen LogP contribution in [0.2, 0.25) is 0 Å². The number of piperazine rings is 1.